The molecule has 1 fully saturated rings. The lowest BCUT2D eigenvalue weighted by Crippen LogP contribution is -2.57. The van der Waals surface area contributed by atoms with E-state index in [9.17, 15) is 9.50 Å². The van der Waals surface area contributed by atoms with Crippen LogP contribution in [0.2, 0.25) is 0 Å². The number of aliphatic hydroxyl groups is 3. The second-order valence-corrected chi connectivity index (χ2v) is 2.89. The first-order chi connectivity index (χ1) is 6.11. The fourth-order valence-electron chi connectivity index (χ4n) is 1.23. The molecular formula is C7H13FO5. The predicted molar refractivity (Wildman–Crippen MR) is 39.7 cm³/mol. The Balaban J connectivity index is 2.66. The summed E-state index contributed by atoms with van der Waals surface area (Å²) in [6.45, 7) is -0.495. The highest BCUT2D eigenvalue weighted by atomic mass is 19.1. The van der Waals surface area contributed by atoms with Gasteiger partial charge in [-0.2, -0.15) is 0 Å². The zero-order valence-electron chi connectivity index (χ0n) is 7.13. The van der Waals surface area contributed by atoms with Gasteiger partial charge in [-0.3, -0.25) is 0 Å². The number of hydrogen-bond donors (Lipinski definition) is 3. The van der Waals surface area contributed by atoms with E-state index in [-0.39, 0.29) is 0 Å². The molecule has 0 saturated carbocycles. The van der Waals surface area contributed by atoms with E-state index in [0.29, 0.717) is 0 Å². The Labute approximate surface area is 74.7 Å². The Morgan fingerprint density at radius 2 is 2.00 bits per heavy atom. The largest absolute Gasteiger partial charge is 0.394 e. The molecule has 13 heavy (non-hydrogen) atoms. The summed E-state index contributed by atoms with van der Waals surface area (Å²) in [5, 5.41) is 27.0. The molecule has 0 aromatic rings. The van der Waals surface area contributed by atoms with E-state index in [2.05, 4.69) is 4.74 Å². The molecule has 1 aliphatic heterocycles. The quantitative estimate of drug-likeness (QED) is 0.496. The van der Waals surface area contributed by atoms with Crippen LogP contribution in [0.5, 0.6) is 0 Å². The molecule has 0 aromatic heterocycles. The fourth-order valence-corrected chi connectivity index (χ4v) is 1.23. The van der Waals surface area contributed by atoms with Crippen LogP contribution in [0.25, 0.3) is 0 Å². The first-order valence-corrected chi connectivity index (χ1v) is 3.91. The van der Waals surface area contributed by atoms with Crippen LogP contribution >= 0.6 is 0 Å². The second-order valence-electron chi connectivity index (χ2n) is 2.89. The Bertz CT molecular complexity index is 147. The molecule has 0 unspecified atom stereocenters. The van der Waals surface area contributed by atoms with Gasteiger partial charge in [-0.15, -0.1) is 0 Å². The molecule has 1 saturated heterocycles. The lowest BCUT2D eigenvalue weighted by atomic mass is 10.0. The number of hydrogen-bond acceptors (Lipinski definition) is 5. The van der Waals surface area contributed by atoms with Crippen molar-refractivity contribution in [3.05, 3.63) is 0 Å². The Hall–Kier alpha value is -0.270. The molecular weight excluding hydrogens is 183 g/mol. The maximum absolute atomic E-state index is 13.1. The van der Waals surface area contributed by atoms with E-state index in [0.717, 1.165) is 0 Å². The van der Waals surface area contributed by atoms with Crippen LogP contribution in [0.1, 0.15) is 0 Å². The first kappa shape index (κ1) is 10.8. The summed E-state index contributed by atoms with van der Waals surface area (Å²) in [7, 11) is 1.22. The highest BCUT2D eigenvalue weighted by Crippen LogP contribution is 2.23. The maximum Gasteiger partial charge on any atom is 0.191 e. The third-order valence-electron chi connectivity index (χ3n) is 2.04. The summed E-state index contributed by atoms with van der Waals surface area (Å²) in [6, 6.07) is 0. The SMILES string of the molecule is CO[C@H]1O[C@H](CO)[C@@H](O)[C@H](O)[C@@H]1F. The Kier molecular flexibility index (Phi) is 3.57. The minimum Gasteiger partial charge on any atom is -0.394 e. The van der Waals surface area contributed by atoms with Gasteiger partial charge in [0.1, 0.15) is 18.3 Å². The van der Waals surface area contributed by atoms with Crippen molar-refractivity contribution >= 4 is 0 Å². The van der Waals surface area contributed by atoms with E-state index >= 15 is 0 Å². The lowest BCUT2D eigenvalue weighted by molar-refractivity contribution is -0.279. The predicted octanol–water partition coefficient (Wildman–Crippen LogP) is -1.59. The van der Waals surface area contributed by atoms with Crippen molar-refractivity contribution in [1.29, 1.82) is 0 Å². The molecule has 0 spiro atoms. The minimum absolute atomic E-state index is 0.495. The summed E-state index contributed by atoms with van der Waals surface area (Å²) in [5.41, 5.74) is 0. The molecule has 0 bridgehead atoms. The van der Waals surface area contributed by atoms with Crippen LogP contribution in [0.15, 0.2) is 0 Å². The van der Waals surface area contributed by atoms with E-state index in [4.69, 9.17) is 14.9 Å². The van der Waals surface area contributed by atoms with Gasteiger partial charge in [0.15, 0.2) is 12.5 Å². The number of rotatable bonds is 2. The molecule has 1 aliphatic rings. The summed E-state index contributed by atoms with van der Waals surface area (Å²) in [6.07, 6.45) is -7.06. The van der Waals surface area contributed by atoms with Crippen molar-refractivity contribution in [2.45, 2.75) is 30.8 Å². The average Bonchev–Trinajstić information content (AvgIpc) is 2.15. The Morgan fingerprint density at radius 1 is 1.38 bits per heavy atom. The van der Waals surface area contributed by atoms with Crippen molar-refractivity contribution < 1.29 is 29.2 Å². The molecule has 3 N–H and O–H groups in total. The molecule has 0 radical (unpaired) electrons. The molecule has 0 aromatic carbocycles. The molecule has 0 aliphatic carbocycles. The smallest absolute Gasteiger partial charge is 0.191 e. The number of methoxy groups -OCH3 is 1. The van der Waals surface area contributed by atoms with Crippen molar-refractivity contribution in [2.75, 3.05) is 13.7 Å². The summed E-state index contributed by atoms with van der Waals surface area (Å²) >= 11 is 0. The molecule has 1 heterocycles. The standard InChI is InChI=1S/C7H13FO5/c1-12-7-4(8)6(11)5(10)3(2-9)13-7/h3-7,9-11H,2H2,1H3/t3-,4+,5-,6-,7+/m1/s1. The van der Waals surface area contributed by atoms with Crippen LogP contribution in [0.4, 0.5) is 4.39 Å². The van der Waals surface area contributed by atoms with Crippen LogP contribution in [-0.2, 0) is 9.47 Å². The van der Waals surface area contributed by atoms with Crippen LogP contribution in [-0.4, -0.2) is 59.8 Å². The number of alkyl halides is 1. The topological polar surface area (TPSA) is 79.2 Å². The molecule has 1 rings (SSSR count). The molecule has 5 atom stereocenters. The van der Waals surface area contributed by atoms with E-state index in [1.54, 1.807) is 0 Å². The number of ether oxygens (including phenoxy) is 2. The van der Waals surface area contributed by atoms with Gasteiger partial charge in [0.25, 0.3) is 0 Å². The van der Waals surface area contributed by atoms with Crippen molar-refractivity contribution in [1.82, 2.24) is 0 Å². The average molecular weight is 196 g/mol. The summed E-state index contributed by atoms with van der Waals surface area (Å²) < 4.78 is 22.5. The Morgan fingerprint density at radius 3 is 2.46 bits per heavy atom. The van der Waals surface area contributed by atoms with Gasteiger partial charge in [0.2, 0.25) is 0 Å². The molecule has 5 nitrogen and oxygen atoms in total. The fraction of sp³-hybridized carbons (Fsp3) is 1.00. The highest BCUT2D eigenvalue weighted by molar-refractivity contribution is 4.88. The second kappa shape index (κ2) is 4.30. The van der Waals surface area contributed by atoms with Crippen LogP contribution in [0.3, 0.4) is 0 Å². The van der Waals surface area contributed by atoms with Crippen LogP contribution in [0, 0.1) is 0 Å². The monoisotopic (exact) mass is 196 g/mol. The molecule has 0 amide bonds. The highest BCUT2D eigenvalue weighted by Gasteiger charge is 2.44. The third-order valence-corrected chi connectivity index (χ3v) is 2.04. The zero-order valence-corrected chi connectivity index (χ0v) is 7.13. The number of halogens is 1. The lowest BCUT2D eigenvalue weighted by Gasteiger charge is -2.37. The number of aliphatic hydroxyl groups excluding tert-OH is 3. The summed E-state index contributed by atoms with van der Waals surface area (Å²) in [4.78, 5) is 0. The normalized spacial score (nSPS) is 46.4. The van der Waals surface area contributed by atoms with E-state index < -0.39 is 37.4 Å². The van der Waals surface area contributed by atoms with Gasteiger partial charge in [-0.25, -0.2) is 4.39 Å². The van der Waals surface area contributed by atoms with E-state index in [1.807, 2.05) is 0 Å². The maximum atomic E-state index is 13.1. The molecule has 78 valence electrons. The van der Waals surface area contributed by atoms with Gasteiger partial charge >= 0.3 is 0 Å². The third kappa shape index (κ3) is 1.97. The van der Waals surface area contributed by atoms with Gasteiger partial charge in [-0.05, 0) is 0 Å². The van der Waals surface area contributed by atoms with Crippen molar-refractivity contribution in [3.63, 3.8) is 0 Å². The summed E-state index contributed by atoms with van der Waals surface area (Å²) in [5.74, 6) is 0. The first-order valence-electron chi connectivity index (χ1n) is 3.91. The minimum atomic E-state index is -1.80. The van der Waals surface area contributed by atoms with Gasteiger partial charge in [-0.1, -0.05) is 0 Å². The van der Waals surface area contributed by atoms with Crippen molar-refractivity contribution in [2.24, 2.45) is 0 Å². The van der Waals surface area contributed by atoms with Crippen LogP contribution < -0.4 is 0 Å². The van der Waals surface area contributed by atoms with Gasteiger partial charge < -0.3 is 24.8 Å². The van der Waals surface area contributed by atoms with E-state index in [1.165, 1.54) is 7.11 Å². The zero-order chi connectivity index (χ0) is 10.0. The van der Waals surface area contributed by atoms with Crippen molar-refractivity contribution in [3.8, 4) is 0 Å². The van der Waals surface area contributed by atoms with Gasteiger partial charge in [0, 0.05) is 7.11 Å². The molecule has 6 heteroatoms. The van der Waals surface area contributed by atoms with Gasteiger partial charge in [0.05, 0.1) is 6.61 Å².